The first kappa shape index (κ1) is 14.9. The third kappa shape index (κ3) is 4.63. The molecule has 0 aromatic heterocycles. The van der Waals surface area contributed by atoms with Gasteiger partial charge in [0.1, 0.15) is 0 Å². The zero-order chi connectivity index (χ0) is 13.5. The molecule has 102 valence electrons. The van der Waals surface area contributed by atoms with Gasteiger partial charge in [-0.15, -0.1) is 0 Å². The maximum absolute atomic E-state index is 12.2. The van der Waals surface area contributed by atoms with E-state index in [1.807, 2.05) is 4.90 Å². The maximum atomic E-state index is 12.2. The summed E-state index contributed by atoms with van der Waals surface area (Å²) >= 11 is 0. The molecule has 1 aliphatic rings. The van der Waals surface area contributed by atoms with Crippen molar-refractivity contribution >= 4 is 5.91 Å². The van der Waals surface area contributed by atoms with Crippen LogP contribution in [0.15, 0.2) is 0 Å². The first-order valence-electron chi connectivity index (χ1n) is 6.62. The van der Waals surface area contributed by atoms with Crippen LogP contribution in [0.4, 0.5) is 0 Å². The highest BCUT2D eigenvalue weighted by molar-refractivity contribution is 5.78. The highest BCUT2D eigenvalue weighted by Gasteiger charge is 2.21. The number of nitriles is 1. The number of carbonyl (C=O) groups excluding carboxylic acids is 1. The summed E-state index contributed by atoms with van der Waals surface area (Å²) in [6.07, 6.45) is 0.480. The van der Waals surface area contributed by atoms with Crippen LogP contribution in [0.25, 0.3) is 0 Å². The molecule has 1 aliphatic heterocycles. The molecule has 1 saturated heterocycles. The summed E-state index contributed by atoms with van der Waals surface area (Å²) in [5, 5.41) is 8.63. The zero-order valence-corrected chi connectivity index (χ0v) is 11.7. The van der Waals surface area contributed by atoms with Gasteiger partial charge in [-0.2, -0.15) is 5.26 Å². The Labute approximate surface area is 110 Å². The SMILES string of the molecule is CC(C)N(CCC#N)CC(=O)N1CCN(C)CC1. The molecule has 0 atom stereocenters. The quantitative estimate of drug-likeness (QED) is 0.710. The number of hydrogen-bond donors (Lipinski definition) is 0. The Balaban J connectivity index is 2.43. The molecular formula is C13H24N4O. The van der Waals surface area contributed by atoms with Crippen LogP contribution < -0.4 is 0 Å². The van der Waals surface area contributed by atoms with Crippen LogP contribution in [0.2, 0.25) is 0 Å². The van der Waals surface area contributed by atoms with E-state index in [4.69, 9.17) is 5.26 Å². The van der Waals surface area contributed by atoms with E-state index in [0.29, 0.717) is 25.6 Å². The van der Waals surface area contributed by atoms with Crippen LogP contribution in [-0.4, -0.2) is 73.0 Å². The summed E-state index contributed by atoms with van der Waals surface area (Å²) < 4.78 is 0. The van der Waals surface area contributed by atoms with Crippen LogP contribution in [0.1, 0.15) is 20.3 Å². The van der Waals surface area contributed by atoms with Crippen molar-refractivity contribution in [3.63, 3.8) is 0 Å². The molecule has 0 unspecified atom stereocenters. The van der Waals surface area contributed by atoms with Gasteiger partial charge >= 0.3 is 0 Å². The summed E-state index contributed by atoms with van der Waals surface area (Å²) in [5.41, 5.74) is 0. The highest BCUT2D eigenvalue weighted by Crippen LogP contribution is 2.04. The van der Waals surface area contributed by atoms with Gasteiger partial charge in [-0.3, -0.25) is 9.69 Å². The third-order valence-corrected chi connectivity index (χ3v) is 3.44. The van der Waals surface area contributed by atoms with Crippen molar-refractivity contribution in [1.29, 1.82) is 5.26 Å². The second-order valence-corrected chi connectivity index (χ2v) is 5.16. The highest BCUT2D eigenvalue weighted by atomic mass is 16.2. The average Bonchev–Trinajstić information content (AvgIpc) is 2.34. The number of likely N-dealkylation sites (N-methyl/N-ethyl adjacent to an activating group) is 1. The number of piperazine rings is 1. The molecule has 5 nitrogen and oxygen atoms in total. The van der Waals surface area contributed by atoms with Crippen LogP contribution in [0.3, 0.4) is 0 Å². The van der Waals surface area contributed by atoms with Crippen molar-refractivity contribution in [3.8, 4) is 6.07 Å². The lowest BCUT2D eigenvalue weighted by molar-refractivity contribution is -0.134. The summed E-state index contributed by atoms with van der Waals surface area (Å²) in [5.74, 6) is 0.190. The minimum absolute atomic E-state index is 0.190. The van der Waals surface area contributed by atoms with Crippen molar-refractivity contribution in [2.24, 2.45) is 0 Å². The smallest absolute Gasteiger partial charge is 0.236 e. The lowest BCUT2D eigenvalue weighted by atomic mass is 10.2. The van der Waals surface area contributed by atoms with Crippen LogP contribution in [-0.2, 0) is 4.79 Å². The monoisotopic (exact) mass is 252 g/mol. The summed E-state index contributed by atoms with van der Waals surface area (Å²) in [6, 6.07) is 2.44. The van der Waals surface area contributed by atoms with E-state index in [-0.39, 0.29) is 5.91 Å². The first-order chi connectivity index (χ1) is 8.54. The molecule has 0 saturated carbocycles. The van der Waals surface area contributed by atoms with Crippen molar-refractivity contribution in [1.82, 2.24) is 14.7 Å². The summed E-state index contributed by atoms with van der Waals surface area (Å²) in [7, 11) is 2.08. The lowest BCUT2D eigenvalue weighted by Crippen LogP contribution is -2.50. The van der Waals surface area contributed by atoms with E-state index in [1.165, 1.54) is 0 Å². The topological polar surface area (TPSA) is 50.6 Å². The molecule has 0 aliphatic carbocycles. The Morgan fingerprint density at radius 1 is 1.33 bits per heavy atom. The number of nitrogens with zero attached hydrogens (tertiary/aromatic N) is 4. The van der Waals surface area contributed by atoms with Gasteiger partial charge in [-0.1, -0.05) is 0 Å². The fourth-order valence-electron chi connectivity index (χ4n) is 2.04. The standard InChI is InChI=1S/C13H24N4O/c1-12(2)17(6-4-5-14)11-13(18)16-9-7-15(3)8-10-16/h12H,4,6-11H2,1-3H3. The molecule has 0 aromatic rings. The van der Waals surface area contributed by atoms with Crippen molar-refractivity contribution < 1.29 is 4.79 Å². The summed E-state index contributed by atoms with van der Waals surface area (Å²) in [4.78, 5) is 18.4. The molecular weight excluding hydrogens is 228 g/mol. The molecule has 18 heavy (non-hydrogen) atoms. The molecule has 1 heterocycles. The van der Waals surface area contributed by atoms with Gasteiger partial charge in [-0.05, 0) is 20.9 Å². The first-order valence-corrected chi connectivity index (χ1v) is 6.62. The van der Waals surface area contributed by atoms with Crippen LogP contribution in [0.5, 0.6) is 0 Å². The molecule has 1 amide bonds. The number of carbonyl (C=O) groups is 1. The minimum atomic E-state index is 0.190. The van der Waals surface area contributed by atoms with Crippen molar-refractivity contribution in [2.45, 2.75) is 26.3 Å². The summed E-state index contributed by atoms with van der Waals surface area (Å²) in [6.45, 7) is 8.77. The number of amides is 1. The van der Waals surface area contributed by atoms with Gasteiger partial charge in [0.15, 0.2) is 0 Å². The third-order valence-electron chi connectivity index (χ3n) is 3.44. The van der Waals surface area contributed by atoms with Crippen LogP contribution in [0, 0.1) is 11.3 Å². The van der Waals surface area contributed by atoms with E-state index in [9.17, 15) is 4.79 Å². The predicted octanol–water partition coefficient (Wildman–Crippen LogP) is 0.384. The Morgan fingerprint density at radius 2 is 1.94 bits per heavy atom. The average molecular weight is 252 g/mol. The zero-order valence-electron chi connectivity index (χ0n) is 11.7. The molecule has 0 bridgehead atoms. The molecule has 5 heteroatoms. The fourth-order valence-corrected chi connectivity index (χ4v) is 2.04. The fraction of sp³-hybridized carbons (Fsp3) is 0.846. The van der Waals surface area contributed by atoms with Gasteiger partial charge in [0.2, 0.25) is 5.91 Å². The van der Waals surface area contributed by atoms with Crippen molar-refractivity contribution in [3.05, 3.63) is 0 Å². The van der Waals surface area contributed by atoms with E-state index < -0.39 is 0 Å². The van der Waals surface area contributed by atoms with Gasteiger partial charge in [0.25, 0.3) is 0 Å². The second kappa shape index (κ2) is 7.34. The van der Waals surface area contributed by atoms with Crippen molar-refractivity contribution in [2.75, 3.05) is 46.3 Å². The normalized spacial score (nSPS) is 17.2. The van der Waals surface area contributed by atoms with E-state index in [1.54, 1.807) is 0 Å². The maximum Gasteiger partial charge on any atom is 0.236 e. The minimum Gasteiger partial charge on any atom is -0.339 e. The molecule has 0 radical (unpaired) electrons. The largest absolute Gasteiger partial charge is 0.339 e. The Kier molecular flexibility index (Phi) is 6.10. The Morgan fingerprint density at radius 3 is 2.44 bits per heavy atom. The van der Waals surface area contributed by atoms with Crippen LogP contribution >= 0.6 is 0 Å². The second-order valence-electron chi connectivity index (χ2n) is 5.16. The van der Waals surface area contributed by atoms with Gasteiger partial charge < -0.3 is 9.80 Å². The van der Waals surface area contributed by atoms with E-state index >= 15 is 0 Å². The van der Waals surface area contributed by atoms with Gasteiger partial charge in [0.05, 0.1) is 12.6 Å². The molecule has 0 N–H and O–H groups in total. The Bertz CT molecular complexity index is 303. The number of rotatable bonds is 5. The predicted molar refractivity (Wildman–Crippen MR) is 71.0 cm³/mol. The molecule has 1 rings (SSSR count). The van der Waals surface area contributed by atoms with Gasteiger partial charge in [-0.25, -0.2) is 0 Å². The van der Waals surface area contributed by atoms with Gasteiger partial charge in [0, 0.05) is 45.2 Å². The van der Waals surface area contributed by atoms with E-state index in [0.717, 1.165) is 26.2 Å². The molecule has 0 aromatic carbocycles. The lowest BCUT2D eigenvalue weighted by Gasteiger charge is -2.34. The molecule has 1 fully saturated rings. The molecule has 0 spiro atoms. The van der Waals surface area contributed by atoms with E-state index in [2.05, 4.69) is 36.8 Å². The Hall–Kier alpha value is -1.12. The number of hydrogen-bond acceptors (Lipinski definition) is 4.